The molecule has 0 radical (unpaired) electrons. The van der Waals surface area contributed by atoms with Crippen LogP contribution in [0.1, 0.15) is 25.7 Å². The summed E-state index contributed by atoms with van der Waals surface area (Å²) in [5.74, 6) is -0.531. The van der Waals surface area contributed by atoms with Crippen molar-refractivity contribution < 1.29 is 28.7 Å². The number of benzene rings is 1. The van der Waals surface area contributed by atoms with E-state index in [1.165, 1.54) is 12.0 Å². The Hall–Kier alpha value is -2.90. The van der Waals surface area contributed by atoms with Crippen LogP contribution in [-0.4, -0.2) is 48.9 Å². The third-order valence-electron chi connectivity index (χ3n) is 6.28. The molecular weight excluding hydrogens is 376 g/mol. The Morgan fingerprint density at radius 2 is 1.83 bits per heavy atom. The SMILES string of the molecule is COc1cccc(NC(=O)COC(=O)CCN2C(=O)[C@H]3[C@H]4CC[C@@H](C4)[C@@H]3C2=O)c1. The van der Waals surface area contributed by atoms with Gasteiger partial charge in [0, 0.05) is 18.3 Å². The van der Waals surface area contributed by atoms with Gasteiger partial charge < -0.3 is 14.8 Å². The van der Waals surface area contributed by atoms with Crippen LogP contribution in [-0.2, 0) is 23.9 Å². The fraction of sp³-hybridized carbons (Fsp3) is 0.524. The molecule has 0 unspecified atom stereocenters. The lowest BCUT2D eigenvalue weighted by atomic mass is 9.81. The average Bonchev–Trinajstić information content (AvgIpc) is 3.39. The van der Waals surface area contributed by atoms with Crippen LogP contribution >= 0.6 is 0 Å². The van der Waals surface area contributed by atoms with E-state index in [4.69, 9.17) is 9.47 Å². The number of ether oxygens (including phenoxy) is 2. The normalized spacial score (nSPS) is 27.1. The maximum atomic E-state index is 12.6. The molecule has 1 saturated heterocycles. The number of hydrogen-bond acceptors (Lipinski definition) is 6. The molecule has 0 aromatic heterocycles. The van der Waals surface area contributed by atoms with E-state index in [1.54, 1.807) is 24.3 Å². The number of fused-ring (bicyclic) bond motifs is 5. The van der Waals surface area contributed by atoms with E-state index < -0.39 is 18.5 Å². The van der Waals surface area contributed by atoms with Crippen LogP contribution in [0.25, 0.3) is 0 Å². The average molecular weight is 400 g/mol. The Morgan fingerprint density at radius 3 is 2.48 bits per heavy atom. The highest BCUT2D eigenvalue weighted by Crippen LogP contribution is 2.56. The summed E-state index contributed by atoms with van der Waals surface area (Å²) in [6.07, 6.45) is 2.90. The van der Waals surface area contributed by atoms with Gasteiger partial charge in [-0.25, -0.2) is 0 Å². The lowest BCUT2D eigenvalue weighted by Gasteiger charge is -2.19. The summed E-state index contributed by atoms with van der Waals surface area (Å²) in [5, 5.41) is 2.61. The number of amides is 3. The molecule has 3 amide bonds. The summed E-state index contributed by atoms with van der Waals surface area (Å²) in [6.45, 7) is -0.423. The number of likely N-dealkylation sites (tertiary alicyclic amines) is 1. The zero-order valence-electron chi connectivity index (χ0n) is 16.3. The van der Waals surface area contributed by atoms with Gasteiger partial charge in [0.2, 0.25) is 11.8 Å². The van der Waals surface area contributed by atoms with Crippen molar-refractivity contribution in [1.29, 1.82) is 0 Å². The Labute approximate surface area is 168 Å². The fourth-order valence-corrected chi connectivity index (χ4v) is 5.01. The summed E-state index contributed by atoms with van der Waals surface area (Å²) >= 11 is 0. The van der Waals surface area contributed by atoms with E-state index in [0.717, 1.165) is 19.3 Å². The van der Waals surface area contributed by atoms with Crippen LogP contribution in [0.2, 0.25) is 0 Å². The van der Waals surface area contributed by atoms with Crippen LogP contribution < -0.4 is 10.1 Å². The monoisotopic (exact) mass is 400 g/mol. The van der Waals surface area contributed by atoms with Crippen LogP contribution in [0, 0.1) is 23.7 Å². The number of imide groups is 1. The Morgan fingerprint density at radius 1 is 1.14 bits per heavy atom. The van der Waals surface area contributed by atoms with Crippen LogP contribution in [0.15, 0.2) is 24.3 Å². The molecule has 154 valence electrons. The second kappa shape index (κ2) is 7.85. The molecule has 1 heterocycles. The second-order valence-electron chi connectivity index (χ2n) is 7.90. The molecule has 3 aliphatic rings. The van der Waals surface area contributed by atoms with Crippen molar-refractivity contribution in [3.8, 4) is 5.75 Å². The number of esters is 1. The van der Waals surface area contributed by atoms with Crippen molar-refractivity contribution in [2.75, 3.05) is 25.6 Å². The van der Waals surface area contributed by atoms with Crippen molar-refractivity contribution >= 4 is 29.4 Å². The predicted octanol–water partition coefficient (Wildman–Crippen LogP) is 1.60. The van der Waals surface area contributed by atoms with E-state index in [9.17, 15) is 19.2 Å². The third kappa shape index (κ3) is 3.71. The molecule has 3 fully saturated rings. The first-order valence-corrected chi connectivity index (χ1v) is 9.92. The molecule has 1 aliphatic heterocycles. The van der Waals surface area contributed by atoms with Crippen molar-refractivity contribution in [3.05, 3.63) is 24.3 Å². The molecule has 8 heteroatoms. The first kappa shape index (κ1) is 19.4. The molecule has 1 aromatic rings. The fourth-order valence-electron chi connectivity index (χ4n) is 5.01. The number of hydrogen-bond donors (Lipinski definition) is 1. The van der Waals surface area contributed by atoms with Gasteiger partial charge in [-0.1, -0.05) is 6.07 Å². The Kier molecular flexibility index (Phi) is 5.25. The van der Waals surface area contributed by atoms with Crippen LogP contribution in [0.3, 0.4) is 0 Å². The first-order chi connectivity index (χ1) is 14.0. The molecule has 2 bridgehead atoms. The van der Waals surface area contributed by atoms with Gasteiger partial charge in [0.1, 0.15) is 5.75 Å². The quantitative estimate of drug-likeness (QED) is 0.551. The predicted molar refractivity (Wildman–Crippen MR) is 102 cm³/mol. The maximum Gasteiger partial charge on any atom is 0.308 e. The van der Waals surface area contributed by atoms with Gasteiger partial charge in [0.25, 0.3) is 5.91 Å². The molecule has 29 heavy (non-hydrogen) atoms. The van der Waals surface area contributed by atoms with E-state index in [0.29, 0.717) is 23.3 Å². The van der Waals surface area contributed by atoms with Gasteiger partial charge in [-0.15, -0.1) is 0 Å². The Balaban J connectivity index is 1.23. The number of anilines is 1. The summed E-state index contributed by atoms with van der Waals surface area (Å²) in [6, 6.07) is 6.81. The van der Waals surface area contributed by atoms with Gasteiger partial charge in [-0.05, 0) is 43.2 Å². The topological polar surface area (TPSA) is 102 Å². The number of nitrogens with zero attached hydrogens (tertiary/aromatic N) is 1. The molecule has 4 atom stereocenters. The molecule has 2 saturated carbocycles. The van der Waals surface area contributed by atoms with Crippen molar-refractivity contribution in [2.24, 2.45) is 23.7 Å². The number of nitrogens with one attached hydrogen (secondary N) is 1. The minimum Gasteiger partial charge on any atom is -0.497 e. The lowest BCUT2D eigenvalue weighted by Crippen LogP contribution is -2.35. The molecular formula is C21H24N2O6. The summed E-state index contributed by atoms with van der Waals surface area (Å²) in [4.78, 5) is 50.4. The summed E-state index contributed by atoms with van der Waals surface area (Å²) in [7, 11) is 1.52. The first-order valence-electron chi connectivity index (χ1n) is 9.92. The van der Waals surface area contributed by atoms with Crippen LogP contribution in [0.5, 0.6) is 5.75 Å². The maximum absolute atomic E-state index is 12.6. The van der Waals surface area contributed by atoms with Crippen molar-refractivity contribution in [3.63, 3.8) is 0 Å². The highest BCUT2D eigenvalue weighted by molar-refractivity contribution is 6.06. The minimum absolute atomic E-state index is 0.0143. The molecule has 1 N–H and O–H groups in total. The number of carbonyl (C=O) groups excluding carboxylic acids is 4. The molecule has 0 spiro atoms. The largest absolute Gasteiger partial charge is 0.497 e. The molecule has 1 aromatic carbocycles. The van der Waals surface area contributed by atoms with Crippen molar-refractivity contribution in [2.45, 2.75) is 25.7 Å². The molecule has 2 aliphatic carbocycles. The lowest BCUT2D eigenvalue weighted by molar-refractivity contribution is -0.149. The zero-order chi connectivity index (χ0) is 20.5. The minimum atomic E-state index is -0.619. The molecule has 8 nitrogen and oxygen atoms in total. The number of rotatable bonds is 7. The molecule has 4 rings (SSSR count). The van der Waals surface area contributed by atoms with Gasteiger partial charge in [0.15, 0.2) is 6.61 Å². The van der Waals surface area contributed by atoms with Gasteiger partial charge in [-0.2, -0.15) is 0 Å². The van der Waals surface area contributed by atoms with E-state index in [-0.39, 0.29) is 36.6 Å². The standard InChI is InChI=1S/C21H24N2O6/c1-28-15-4-2-3-14(10-15)22-16(24)11-29-17(25)7-8-23-20(26)18-12-5-6-13(9-12)19(18)21(23)27/h2-4,10,12-13,18-19H,5-9,11H2,1H3,(H,22,24)/t12-,13-,18-,19-/m0/s1. The number of methoxy groups -OCH3 is 1. The van der Waals surface area contributed by atoms with Crippen molar-refractivity contribution in [1.82, 2.24) is 4.90 Å². The third-order valence-corrected chi connectivity index (χ3v) is 6.28. The Bertz CT molecular complexity index is 825. The van der Waals surface area contributed by atoms with Crippen LogP contribution in [0.4, 0.5) is 5.69 Å². The number of carbonyl (C=O) groups is 4. The van der Waals surface area contributed by atoms with Gasteiger partial charge in [0.05, 0.1) is 25.4 Å². The summed E-state index contributed by atoms with van der Waals surface area (Å²) < 4.78 is 10.1. The van der Waals surface area contributed by atoms with Gasteiger partial charge in [-0.3, -0.25) is 24.1 Å². The van der Waals surface area contributed by atoms with Gasteiger partial charge >= 0.3 is 5.97 Å². The zero-order valence-corrected chi connectivity index (χ0v) is 16.3. The van der Waals surface area contributed by atoms with E-state index in [1.807, 2.05) is 0 Å². The second-order valence-corrected chi connectivity index (χ2v) is 7.90. The van der Waals surface area contributed by atoms with E-state index >= 15 is 0 Å². The van der Waals surface area contributed by atoms with E-state index in [2.05, 4.69) is 5.32 Å². The highest BCUT2D eigenvalue weighted by atomic mass is 16.5. The summed E-state index contributed by atoms with van der Waals surface area (Å²) in [5.41, 5.74) is 0.528. The highest BCUT2D eigenvalue weighted by Gasteiger charge is 2.60. The smallest absolute Gasteiger partial charge is 0.308 e.